The van der Waals surface area contributed by atoms with Crippen LogP contribution < -0.4 is 5.32 Å². The number of thioether (sulfide) groups is 1. The van der Waals surface area contributed by atoms with Gasteiger partial charge >= 0.3 is 0 Å². The lowest BCUT2D eigenvalue weighted by atomic mass is 10.2. The first-order valence-corrected chi connectivity index (χ1v) is 7.76. The van der Waals surface area contributed by atoms with Crippen molar-refractivity contribution in [3.63, 3.8) is 0 Å². The Morgan fingerprint density at radius 3 is 3.00 bits per heavy atom. The van der Waals surface area contributed by atoms with E-state index in [0.717, 1.165) is 29.4 Å². The monoisotopic (exact) mass is 276 g/mol. The van der Waals surface area contributed by atoms with Crippen LogP contribution in [0.1, 0.15) is 19.2 Å². The van der Waals surface area contributed by atoms with E-state index in [9.17, 15) is 0 Å². The van der Waals surface area contributed by atoms with Crippen molar-refractivity contribution in [2.45, 2.75) is 20.3 Å². The summed E-state index contributed by atoms with van der Waals surface area (Å²) in [5, 5.41) is 10.5. The molecular weight excluding hydrogens is 256 g/mol. The lowest BCUT2D eigenvalue weighted by molar-refractivity contribution is 0.992. The van der Waals surface area contributed by atoms with Crippen LogP contribution in [0.2, 0.25) is 0 Å². The number of nitrogens with zero attached hydrogens (tertiary/aromatic N) is 2. The highest BCUT2D eigenvalue weighted by atomic mass is 32.2. The number of nitrogens with one attached hydrogen (secondary N) is 2. The maximum Gasteiger partial charge on any atom is 0.181 e. The Hall–Kier alpha value is -1.49. The number of benzene rings is 1. The van der Waals surface area contributed by atoms with Crippen molar-refractivity contribution in [1.82, 2.24) is 15.2 Å². The van der Waals surface area contributed by atoms with Gasteiger partial charge in [-0.25, -0.2) is 4.98 Å². The molecule has 2 rings (SSSR count). The average molecular weight is 276 g/mol. The van der Waals surface area contributed by atoms with Crippen molar-refractivity contribution < 1.29 is 0 Å². The summed E-state index contributed by atoms with van der Waals surface area (Å²) in [6.45, 7) is 5.11. The molecule has 0 aliphatic heterocycles. The van der Waals surface area contributed by atoms with E-state index in [1.807, 2.05) is 30.8 Å². The van der Waals surface area contributed by atoms with Gasteiger partial charge in [-0.1, -0.05) is 19.1 Å². The largest absolute Gasteiger partial charge is 0.385 e. The molecule has 4 nitrogen and oxygen atoms in total. The van der Waals surface area contributed by atoms with Gasteiger partial charge in [-0.05, 0) is 37.0 Å². The smallest absolute Gasteiger partial charge is 0.181 e. The molecule has 0 amide bonds. The molecule has 1 aromatic heterocycles. The lowest BCUT2D eigenvalue weighted by Crippen LogP contribution is -2.02. The summed E-state index contributed by atoms with van der Waals surface area (Å²) in [5.41, 5.74) is 2.17. The second kappa shape index (κ2) is 7.19. The van der Waals surface area contributed by atoms with E-state index >= 15 is 0 Å². The van der Waals surface area contributed by atoms with Gasteiger partial charge < -0.3 is 5.32 Å². The quantitative estimate of drug-likeness (QED) is 0.762. The molecule has 0 bridgehead atoms. The van der Waals surface area contributed by atoms with Gasteiger partial charge in [0.2, 0.25) is 0 Å². The summed E-state index contributed by atoms with van der Waals surface area (Å²) in [4.78, 5) is 4.35. The molecule has 19 heavy (non-hydrogen) atoms. The molecule has 1 aromatic carbocycles. The van der Waals surface area contributed by atoms with Gasteiger partial charge in [-0.2, -0.15) is 16.9 Å². The second-order valence-corrected chi connectivity index (χ2v) is 5.70. The van der Waals surface area contributed by atoms with Gasteiger partial charge in [0.05, 0.1) is 0 Å². The number of aryl methyl sites for hydroxylation is 1. The van der Waals surface area contributed by atoms with Gasteiger partial charge in [0, 0.05) is 17.8 Å². The van der Waals surface area contributed by atoms with E-state index in [4.69, 9.17) is 0 Å². The Morgan fingerprint density at radius 2 is 2.26 bits per heavy atom. The highest BCUT2D eigenvalue weighted by Gasteiger charge is 2.04. The van der Waals surface area contributed by atoms with Crippen LogP contribution in [0, 0.1) is 6.92 Å². The summed E-state index contributed by atoms with van der Waals surface area (Å²) in [7, 11) is 0. The summed E-state index contributed by atoms with van der Waals surface area (Å²) in [6.07, 6.45) is 1.18. The SMILES string of the molecule is CCSCCCNc1cccc(-c2n[nH]c(C)n2)c1. The third kappa shape index (κ3) is 4.28. The highest BCUT2D eigenvalue weighted by molar-refractivity contribution is 7.99. The molecule has 0 unspecified atom stereocenters. The van der Waals surface area contributed by atoms with Crippen LogP contribution in [-0.4, -0.2) is 33.2 Å². The van der Waals surface area contributed by atoms with Gasteiger partial charge in [0.15, 0.2) is 5.82 Å². The third-order valence-electron chi connectivity index (χ3n) is 2.72. The fourth-order valence-corrected chi connectivity index (χ4v) is 2.43. The molecule has 0 atom stereocenters. The zero-order valence-electron chi connectivity index (χ0n) is 11.4. The first kappa shape index (κ1) is 13.9. The van der Waals surface area contributed by atoms with Crippen LogP contribution in [0.25, 0.3) is 11.4 Å². The molecule has 0 fully saturated rings. The molecule has 2 N–H and O–H groups in total. The molecule has 2 aromatic rings. The van der Waals surface area contributed by atoms with E-state index < -0.39 is 0 Å². The van der Waals surface area contributed by atoms with E-state index in [0.29, 0.717) is 0 Å². The second-order valence-electron chi connectivity index (χ2n) is 4.30. The van der Waals surface area contributed by atoms with E-state index in [1.54, 1.807) is 0 Å². The predicted molar refractivity (Wildman–Crippen MR) is 82.7 cm³/mol. The number of rotatable bonds is 7. The highest BCUT2D eigenvalue weighted by Crippen LogP contribution is 2.19. The van der Waals surface area contributed by atoms with Gasteiger partial charge in [0.1, 0.15) is 5.82 Å². The normalized spacial score (nSPS) is 10.6. The van der Waals surface area contributed by atoms with Crippen molar-refractivity contribution in [1.29, 1.82) is 0 Å². The Labute approximate surface area is 118 Å². The molecule has 102 valence electrons. The predicted octanol–water partition coefficient (Wildman–Crippen LogP) is 3.34. The summed E-state index contributed by atoms with van der Waals surface area (Å²) >= 11 is 1.98. The number of aromatic nitrogens is 3. The van der Waals surface area contributed by atoms with Gasteiger partial charge in [-0.15, -0.1) is 0 Å². The molecule has 0 aliphatic carbocycles. The zero-order chi connectivity index (χ0) is 13.5. The topological polar surface area (TPSA) is 53.6 Å². The van der Waals surface area contributed by atoms with Crippen molar-refractivity contribution in [2.75, 3.05) is 23.4 Å². The van der Waals surface area contributed by atoms with Crippen molar-refractivity contribution in [3.05, 3.63) is 30.1 Å². The zero-order valence-corrected chi connectivity index (χ0v) is 12.3. The maximum absolute atomic E-state index is 4.35. The standard InChI is InChI=1S/C14H20N4S/c1-3-19-9-5-8-15-13-7-4-6-12(10-13)14-16-11(2)17-18-14/h4,6-7,10,15H,3,5,8-9H2,1-2H3,(H,16,17,18). The first-order chi connectivity index (χ1) is 9.29. The van der Waals surface area contributed by atoms with Crippen molar-refractivity contribution in [3.8, 4) is 11.4 Å². The number of aromatic amines is 1. The Bertz CT molecular complexity index is 510. The molecule has 0 spiro atoms. The fourth-order valence-electron chi connectivity index (χ4n) is 1.79. The summed E-state index contributed by atoms with van der Waals surface area (Å²) in [6, 6.07) is 8.23. The van der Waals surface area contributed by atoms with Crippen LogP contribution in [0.5, 0.6) is 0 Å². The number of hydrogen-bond acceptors (Lipinski definition) is 4. The summed E-state index contributed by atoms with van der Waals surface area (Å²) in [5.74, 6) is 4.00. The number of hydrogen-bond donors (Lipinski definition) is 2. The number of H-pyrrole nitrogens is 1. The van der Waals surface area contributed by atoms with Crippen LogP contribution in [0.4, 0.5) is 5.69 Å². The number of anilines is 1. The minimum Gasteiger partial charge on any atom is -0.385 e. The fraction of sp³-hybridized carbons (Fsp3) is 0.429. The van der Waals surface area contributed by atoms with E-state index in [-0.39, 0.29) is 0 Å². The third-order valence-corrected chi connectivity index (χ3v) is 3.70. The Morgan fingerprint density at radius 1 is 1.37 bits per heavy atom. The molecule has 0 aliphatic rings. The maximum atomic E-state index is 4.35. The van der Waals surface area contributed by atoms with Crippen LogP contribution >= 0.6 is 11.8 Å². The Balaban J connectivity index is 1.92. The van der Waals surface area contributed by atoms with Crippen molar-refractivity contribution in [2.24, 2.45) is 0 Å². The molecular formula is C14H20N4S. The average Bonchev–Trinajstić information content (AvgIpc) is 2.86. The minimum atomic E-state index is 0.752. The molecule has 0 saturated heterocycles. The van der Waals surface area contributed by atoms with E-state index in [1.165, 1.54) is 17.9 Å². The van der Waals surface area contributed by atoms with Crippen LogP contribution in [0.15, 0.2) is 24.3 Å². The van der Waals surface area contributed by atoms with E-state index in [2.05, 4.69) is 39.6 Å². The van der Waals surface area contributed by atoms with Gasteiger partial charge in [-0.3, -0.25) is 5.10 Å². The van der Waals surface area contributed by atoms with Crippen LogP contribution in [-0.2, 0) is 0 Å². The summed E-state index contributed by atoms with van der Waals surface area (Å²) < 4.78 is 0. The Kier molecular flexibility index (Phi) is 5.27. The lowest BCUT2D eigenvalue weighted by Gasteiger charge is -2.07. The molecule has 0 saturated carbocycles. The molecule has 1 heterocycles. The first-order valence-electron chi connectivity index (χ1n) is 6.60. The molecule has 0 radical (unpaired) electrons. The van der Waals surface area contributed by atoms with Crippen molar-refractivity contribution >= 4 is 17.4 Å². The van der Waals surface area contributed by atoms with Crippen LogP contribution in [0.3, 0.4) is 0 Å². The minimum absolute atomic E-state index is 0.752. The van der Waals surface area contributed by atoms with Gasteiger partial charge in [0.25, 0.3) is 0 Å². The molecule has 5 heteroatoms.